The maximum Gasteiger partial charge on any atom is 0.229 e. The van der Waals surface area contributed by atoms with Crippen LogP contribution in [0.15, 0.2) is 67.5 Å². The molecule has 1 aromatic carbocycles. The van der Waals surface area contributed by atoms with Gasteiger partial charge in [0.2, 0.25) is 17.7 Å². The van der Waals surface area contributed by atoms with Crippen LogP contribution in [0.2, 0.25) is 0 Å². The molecule has 2 aliphatic rings. The van der Waals surface area contributed by atoms with E-state index in [4.69, 9.17) is 19.4 Å². The number of pyridine rings is 1. The molecule has 214 valence electrons. The predicted octanol–water partition coefficient (Wildman–Crippen LogP) is 4.98. The highest BCUT2D eigenvalue weighted by Gasteiger charge is 2.28. The lowest BCUT2D eigenvalue weighted by molar-refractivity contribution is 0.0325. The Kier molecular flexibility index (Phi) is 7.64. The Hall–Kier alpha value is -4.32. The highest BCUT2D eigenvalue weighted by atomic mass is 16.5. The Morgan fingerprint density at radius 1 is 1.22 bits per heavy atom. The zero-order valence-corrected chi connectivity index (χ0v) is 23.4. The van der Waals surface area contributed by atoms with Crippen molar-refractivity contribution in [2.75, 3.05) is 43.7 Å². The summed E-state index contributed by atoms with van der Waals surface area (Å²) >= 11 is 0. The van der Waals surface area contributed by atoms with Gasteiger partial charge in [-0.2, -0.15) is 15.0 Å². The molecule has 5 heterocycles. The fourth-order valence-corrected chi connectivity index (χ4v) is 5.22. The van der Waals surface area contributed by atoms with Gasteiger partial charge in [0.05, 0.1) is 12.1 Å². The van der Waals surface area contributed by atoms with Gasteiger partial charge in [0.25, 0.3) is 0 Å². The molecule has 0 radical (unpaired) electrons. The molecule has 0 atom stereocenters. The molecule has 1 saturated heterocycles. The van der Waals surface area contributed by atoms with Gasteiger partial charge in [-0.3, -0.25) is 9.36 Å². The third-order valence-corrected chi connectivity index (χ3v) is 7.33. The lowest BCUT2D eigenvalue weighted by Gasteiger charge is -2.33. The molecule has 41 heavy (non-hydrogen) atoms. The number of nitrogens with zero attached hydrogens (tertiary/aromatic N) is 7. The maximum absolute atomic E-state index is 11.9. The molecule has 3 aromatic heterocycles. The van der Waals surface area contributed by atoms with E-state index in [-0.39, 0.29) is 13.4 Å². The maximum atomic E-state index is 11.9. The topological polar surface area (TPSA) is 101 Å². The van der Waals surface area contributed by atoms with Gasteiger partial charge < -0.3 is 19.7 Å². The van der Waals surface area contributed by atoms with E-state index in [1.807, 2.05) is 58.6 Å². The van der Waals surface area contributed by atoms with Crippen molar-refractivity contribution in [1.29, 1.82) is 0 Å². The number of hydrazine groups is 1. The summed E-state index contributed by atoms with van der Waals surface area (Å²) in [7, 11) is 2.14. The van der Waals surface area contributed by atoms with E-state index in [1.165, 1.54) is 0 Å². The number of fused-ring (bicyclic) bond motifs is 2. The van der Waals surface area contributed by atoms with Gasteiger partial charge in [-0.05, 0) is 50.2 Å². The molecule has 1 N–H and O–H groups in total. The van der Waals surface area contributed by atoms with Crippen LogP contribution in [0.25, 0.3) is 10.9 Å². The van der Waals surface area contributed by atoms with Crippen LogP contribution in [0.4, 0.5) is 23.3 Å². The van der Waals surface area contributed by atoms with Gasteiger partial charge in [-0.25, -0.2) is 9.99 Å². The highest BCUT2D eigenvalue weighted by molar-refractivity contribution is 5.93. The van der Waals surface area contributed by atoms with Crippen LogP contribution in [0.3, 0.4) is 0 Å². The quantitative estimate of drug-likeness (QED) is 0.314. The number of likely N-dealkylation sites (tertiary alicyclic amines) is 1. The van der Waals surface area contributed by atoms with Crippen molar-refractivity contribution < 1.29 is 15.7 Å². The number of rotatable bonds is 7. The number of aromatic nitrogens is 4. The monoisotopic (exact) mass is 556 g/mol. The van der Waals surface area contributed by atoms with Crippen molar-refractivity contribution in [1.82, 2.24) is 29.4 Å². The third-order valence-electron chi connectivity index (χ3n) is 7.33. The number of nitrogens with one attached hydrogen (secondary N) is 1. The van der Waals surface area contributed by atoms with Gasteiger partial charge in [0.1, 0.15) is 12.8 Å². The number of piperidine rings is 1. The summed E-state index contributed by atoms with van der Waals surface area (Å²) in [5.41, 5.74) is 2.49. The van der Waals surface area contributed by atoms with E-state index in [1.54, 1.807) is 23.9 Å². The molecule has 1 fully saturated rings. The van der Waals surface area contributed by atoms with Crippen LogP contribution < -0.4 is 15.1 Å². The largest absolute Gasteiger partial charge is 0.474 e. The number of hydrogen-bond donors (Lipinski definition) is 1. The van der Waals surface area contributed by atoms with Gasteiger partial charge in [0.15, 0.2) is 11.6 Å². The summed E-state index contributed by atoms with van der Waals surface area (Å²) in [4.78, 5) is 28.6. The van der Waals surface area contributed by atoms with E-state index < -0.39 is 0 Å². The number of ether oxygens (including phenoxy) is 2. The van der Waals surface area contributed by atoms with Crippen molar-refractivity contribution in [2.24, 2.45) is 0 Å². The third kappa shape index (κ3) is 5.78. The molecule has 0 aliphatic carbocycles. The van der Waals surface area contributed by atoms with Crippen molar-refractivity contribution in [2.45, 2.75) is 32.5 Å². The smallest absolute Gasteiger partial charge is 0.229 e. The van der Waals surface area contributed by atoms with E-state index >= 15 is 0 Å². The van der Waals surface area contributed by atoms with Crippen LogP contribution in [0.5, 0.6) is 5.88 Å². The molecule has 2 aliphatic heterocycles. The lowest BCUT2D eigenvalue weighted by Crippen LogP contribution is -2.41. The van der Waals surface area contributed by atoms with Gasteiger partial charge >= 0.3 is 0 Å². The molecule has 6 rings (SSSR count). The van der Waals surface area contributed by atoms with Crippen LogP contribution in [-0.2, 0) is 11.3 Å². The first-order valence-corrected chi connectivity index (χ1v) is 13.8. The molecule has 4 aromatic rings. The number of carbonyl (C=O) groups is 1. The summed E-state index contributed by atoms with van der Waals surface area (Å²) in [5, 5.41) is 8.21. The SMILES string of the molecule is C=CCN1COCc2cnc(Nc3ccc4c(ccn4C(C)=O)c3)nc2N1c1cccc(OC2CCN(C)CC2)n1.[HH]. The Morgan fingerprint density at radius 3 is 2.88 bits per heavy atom. The van der Waals surface area contributed by atoms with Gasteiger partial charge in [0, 0.05) is 63.1 Å². The van der Waals surface area contributed by atoms with Gasteiger partial charge in [-0.1, -0.05) is 12.1 Å². The molecular formula is C30H36N8O3. The summed E-state index contributed by atoms with van der Waals surface area (Å²) < 4.78 is 13.9. The molecule has 0 bridgehead atoms. The highest BCUT2D eigenvalue weighted by Crippen LogP contribution is 2.33. The zero-order chi connectivity index (χ0) is 28.3. The van der Waals surface area contributed by atoms with Crippen molar-refractivity contribution in [3.8, 4) is 5.88 Å². The summed E-state index contributed by atoms with van der Waals surface area (Å²) in [6, 6.07) is 13.5. The van der Waals surface area contributed by atoms with Crippen molar-refractivity contribution in [3.63, 3.8) is 0 Å². The molecule has 0 spiro atoms. The van der Waals surface area contributed by atoms with Crippen LogP contribution in [0, 0.1) is 0 Å². The first kappa shape index (κ1) is 26.9. The second-order valence-corrected chi connectivity index (χ2v) is 10.4. The predicted molar refractivity (Wildman–Crippen MR) is 160 cm³/mol. The molecule has 0 saturated carbocycles. The number of benzene rings is 1. The van der Waals surface area contributed by atoms with Crippen molar-refractivity contribution >= 4 is 40.1 Å². The Bertz CT molecular complexity index is 1570. The summed E-state index contributed by atoms with van der Waals surface area (Å²) in [6.45, 7) is 8.72. The lowest BCUT2D eigenvalue weighted by atomic mass is 10.1. The summed E-state index contributed by atoms with van der Waals surface area (Å²) in [5.74, 6) is 2.31. The number of carbonyl (C=O) groups excluding carboxylic acids is 1. The van der Waals surface area contributed by atoms with E-state index in [2.05, 4.69) is 28.8 Å². The average molecular weight is 557 g/mol. The molecule has 0 amide bonds. The number of anilines is 4. The molecule has 11 heteroatoms. The second-order valence-electron chi connectivity index (χ2n) is 10.4. The minimum Gasteiger partial charge on any atom is -0.474 e. The molecule has 11 nitrogen and oxygen atoms in total. The fourth-order valence-electron chi connectivity index (χ4n) is 5.22. The Balaban J connectivity index is 0.00000353. The average Bonchev–Trinajstić information content (AvgIpc) is 3.31. The Morgan fingerprint density at radius 2 is 2.07 bits per heavy atom. The minimum absolute atomic E-state index is 0. The van der Waals surface area contributed by atoms with E-state index in [0.717, 1.165) is 48.1 Å². The van der Waals surface area contributed by atoms with E-state index in [0.29, 0.717) is 43.3 Å². The first-order valence-electron chi connectivity index (χ1n) is 13.8. The van der Waals surface area contributed by atoms with Crippen LogP contribution >= 0.6 is 0 Å². The summed E-state index contributed by atoms with van der Waals surface area (Å²) in [6.07, 6.45) is 7.46. The van der Waals surface area contributed by atoms with Crippen LogP contribution in [0.1, 0.15) is 31.6 Å². The van der Waals surface area contributed by atoms with Gasteiger partial charge in [-0.15, -0.1) is 6.58 Å². The van der Waals surface area contributed by atoms with Crippen molar-refractivity contribution in [3.05, 3.63) is 73.1 Å². The zero-order valence-electron chi connectivity index (χ0n) is 23.4. The second kappa shape index (κ2) is 11.7. The van der Waals surface area contributed by atoms with E-state index in [9.17, 15) is 4.79 Å². The normalized spacial score (nSPS) is 16.8. The molecule has 0 unspecified atom stereocenters. The standard InChI is InChI=1S/C30H34N8O3.H2/c1-4-13-36-20-40-19-23-18-31-30(32-24-8-9-26-22(17-24)10-16-37(26)21(2)39)34-29(23)38(36)27-6-5-7-28(33-27)41-25-11-14-35(3)15-12-25;/h4-10,16-18,25H,1,11-15,19-20H2,2-3H3,(H,31,32,34);1H. The number of hydrogen-bond acceptors (Lipinski definition) is 10. The molecular weight excluding hydrogens is 520 g/mol. The first-order chi connectivity index (χ1) is 20.0. The minimum atomic E-state index is -0.0318. The fraction of sp³-hybridized carbons (Fsp3) is 0.333. The van der Waals surface area contributed by atoms with Crippen LogP contribution in [-0.4, -0.2) is 74.9 Å². The Labute approximate surface area is 240 Å².